The summed E-state index contributed by atoms with van der Waals surface area (Å²) in [4.78, 5) is 25.5. The maximum Gasteiger partial charge on any atom is 0.434 e. The summed E-state index contributed by atoms with van der Waals surface area (Å²) in [5.74, 6) is -1.06. The van der Waals surface area contributed by atoms with E-state index in [1.165, 1.54) is 4.90 Å². The zero-order valence-electron chi connectivity index (χ0n) is 15.5. The molecule has 30 heavy (non-hydrogen) atoms. The summed E-state index contributed by atoms with van der Waals surface area (Å²) in [6.45, 7) is 0.464. The number of benzene rings is 1. The fourth-order valence-electron chi connectivity index (χ4n) is 3.28. The van der Waals surface area contributed by atoms with Gasteiger partial charge in [-0.15, -0.1) is 0 Å². The van der Waals surface area contributed by atoms with Crippen LogP contribution in [0.5, 0.6) is 0 Å². The average Bonchev–Trinajstić information content (AvgIpc) is 3.20. The second kappa shape index (κ2) is 7.75. The lowest BCUT2D eigenvalue weighted by Gasteiger charge is -2.33. The number of hydrogen-bond acceptors (Lipinski definition) is 5. The first-order chi connectivity index (χ1) is 14.3. The monoisotopic (exact) mass is 419 g/mol. The minimum absolute atomic E-state index is 0.113. The maximum atomic E-state index is 13.8. The number of nitrogens with zero attached hydrogens (tertiary/aromatic N) is 4. The van der Waals surface area contributed by atoms with Crippen LogP contribution in [-0.2, 0) is 10.9 Å². The standard InChI is InChI=1S/C19H16F3N5O3/c20-19(21,22)17-13(10-23-27(17)15-6-7-16(28)25-24-15)18(29)26-8-9-30-14(11-26)12-4-2-1-3-5-12/h1-7,10,14H,8-9,11H2,(H,25,28)/t14-/m0/s1. The van der Waals surface area contributed by atoms with E-state index in [1.54, 1.807) is 0 Å². The molecule has 0 aliphatic carbocycles. The number of carbonyl (C=O) groups excluding carboxylic acids is 1. The summed E-state index contributed by atoms with van der Waals surface area (Å²) in [7, 11) is 0. The van der Waals surface area contributed by atoms with E-state index < -0.39 is 35.0 Å². The van der Waals surface area contributed by atoms with Crippen molar-refractivity contribution in [3.8, 4) is 5.82 Å². The van der Waals surface area contributed by atoms with Crippen LogP contribution in [0.2, 0.25) is 0 Å². The van der Waals surface area contributed by atoms with Gasteiger partial charge < -0.3 is 9.64 Å². The number of aromatic nitrogens is 4. The SMILES string of the molecule is O=C(c1cnn(-c2ccc(=O)[nH]n2)c1C(F)(F)F)N1CCO[C@H](c2ccccc2)C1. The molecule has 11 heteroatoms. The van der Waals surface area contributed by atoms with Gasteiger partial charge in [0.05, 0.1) is 24.9 Å². The predicted molar refractivity (Wildman–Crippen MR) is 98.0 cm³/mol. The fraction of sp³-hybridized carbons (Fsp3) is 0.263. The first-order valence-electron chi connectivity index (χ1n) is 9.02. The molecular formula is C19H16F3N5O3. The third-order valence-electron chi connectivity index (χ3n) is 4.67. The molecule has 1 N–H and O–H groups in total. The highest BCUT2D eigenvalue weighted by Gasteiger charge is 2.42. The van der Waals surface area contributed by atoms with E-state index in [4.69, 9.17) is 4.74 Å². The number of halogens is 3. The van der Waals surface area contributed by atoms with E-state index in [-0.39, 0.29) is 25.5 Å². The normalized spacial score (nSPS) is 17.2. The van der Waals surface area contributed by atoms with Crippen LogP contribution in [0, 0.1) is 0 Å². The summed E-state index contributed by atoms with van der Waals surface area (Å²) in [5.41, 5.74) is -1.59. The number of morpholine rings is 1. The Balaban J connectivity index is 1.67. The number of rotatable bonds is 3. The zero-order valence-corrected chi connectivity index (χ0v) is 15.5. The molecule has 1 saturated heterocycles. The summed E-state index contributed by atoms with van der Waals surface area (Å²) in [6.07, 6.45) is -4.44. The number of amides is 1. The quantitative estimate of drug-likeness (QED) is 0.703. The van der Waals surface area contributed by atoms with Crippen LogP contribution in [0.15, 0.2) is 53.5 Å². The van der Waals surface area contributed by atoms with Crippen molar-refractivity contribution in [1.82, 2.24) is 24.9 Å². The van der Waals surface area contributed by atoms with E-state index >= 15 is 0 Å². The lowest BCUT2D eigenvalue weighted by Crippen LogP contribution is -2.42. The van der Waals surface area contributed by atoms with E-state index in [9.17, 15) is 22.8 Å². The predicted octanol–water partition coefficient (Wildman–Crippen LogP) is 2.19. The molecule has 0 bridgehead atoms. The van der Waals surface area contributed by atoms with E-state index in [0.29, 0.717) is 4.68 Å². The molecule has 1 fully saturated rings. The largest absolute Gasteiger partial charge is 0.434 e. The highest BCUT2D eigenvalue weighted by molar-refractivity contribution is 5.95. The third-order valence-corrected chi connectivity index (χ3v) is 4.67. The Morgan fingerprint density at radius 1 is 1.17 bits per heavy atom. The number of aromatic amines is 1. The lowest BCUT2D eigenvalue weighted by atomic mass is 10.1. The highest BCUT2D eigenvalue weighted by atomic mass is 19.4. The van der Waals surface area contributed by atoms with Crippen LogP contribution in [0.4, 0.5) is 13.2 Å². The minimum Gasteiger partial charge on any atom is -0.370 e. The Hall–Kier alpha value is -3.47. The molecule has 1 aliphatic heterocycles. The Bertz CT molecular complexity index is 1090. The highest BCUT2D eigenvalue weighted by Crippen LogP contribution is 2.34. The summed E-state index contributed by atoms with van der Waals surface area (Å²) in [6, 6.07) is 11.3. The smallest absolute Gasteiger partial charge is 0.370 e. The molecule has 0 saturated carbocycles. The molecule has 3 heterocycles. The molecular weight excluding hydrogens is 403 g/mol. The molecule has 1 amide bonds. The van der Waals surface area contributed by atoms with Crippen molar-refractivity contribution < 1.29 is 22.7 Å². The van der Waals surface area contributed by atoms with Gasteiger partial charge in [-0.25, -0.2) is 9.78 Å². The van der Waals surface area contributed by atoms with Gasteiger partial charge in [0.1, 0.15) is 6.10 Å². The molecule has 1 aromatic carbocycles. The molecule has 0 spiro atoms. The number of carbonyl (C=O) groups is 1. The van der Waals surface area contributed by atoms with Crippen LogP contribution in [-0.4, -0.2) is 50.5 Å². The van der Waals surface area contributed by atoms with Crippen molar-refractivity contribution in [3.63, 3.8) is 0 Å². The molecule has 1 aliphatic rings. The van der Waals surface area contributed by atoms with Crippen LogP contribution in [0.1, 0.15) is 27.7 Å². The van der Waals surface area contributed by atoms with Crippen molar-refractivity contribution in [1.29, 1.82) is 0 Å². The molecule has 0 unspecified atom stereocenters. The second-order valence-corrected chi connectivity index (χ2v) is 6.62. The molecule has 0 radical (unpaired) electrons. The number of nitrogens with one attached hydrogen (secondary N) is 1. The summed E-state index contributed by atoms with van der Waals surface area (Å²) < 4.78 is 47.6. The van der Waals surface area contributed by atoms with Gasteiger partial charge in [0.15, 0.2) is 11.5 Å². The van der Waals surface area contributed by atoms with Gasteiger partial charge in [-0.05, 0) is 11.6 Å². The van der Waals surface area contributed by atoms with Gasteiger partial charge in [0.2, 0.25) is 0 Å². The van der Waals surface area contributed by atoms with E-state index in [1.807, 2.05) is 30.3 Å². The van der Waals surface area contributed by atoms with Gasteiger partial charge in [0.25, 0.3) is 11.5 Å². The second-order valence-electron chi connectivity index (χ2n) is 6.62. The number of hydrogen-bond donors (Lipinski definition) is 1. The van der Waals surface area contributed by atoms with Gasteiger partial charge in [-0.1, -0.05) is 30.3 Å². The maximum absolute atomic E-state index is 13.8. The van der Waals surface area contributed by atoms with Crippen molar-refractivity contribution in [2.45, 2.75) is 12.3 Å². The van der Waals surface area contributed by atoms with Crippen molar-refractivity contribution >= 4 is 5.91 Å². The Labute approximate surface area is 167 Å². The Kier molecular flexibility index (Phi) is 5.12. The van der Waals surface area contributed by atoms with E-state index in [2.05, 4.69) is 15.3 Å². The number of ether oxygens (including phenoxy) is 1. The number of alkyl halides is 3. The van der Waals surface area contributed by atoms with Gasteiger partial charge in [-0.3, -0.25) is 9.59 Å². The molecule has 4 rings (SSSR count). The van der Waals surface area contributed by atoms with Crippen molar-refractivity contribution in [2.75, 3.05) is 19.7 Å². The summed E-state index contributed by atoms with van der Waals surface area (Å²) >= 11 is 0. The van der Waals surface area contributed by atoms with Gasteiger partial charge in [0, 0.05) is 12.6 Å². The van der Waals surface area contributed by atoms with Gasteiger partial charge in [-0.2, -0.15) is 23.4 Å². The number of H-pyrrole nitrogens is 1. The van der Waals surface area contributed by atoms with Crippen LogP contribution in [0.25, 0.3) is 5.82 Å². The topological polar surface area (TPSA) is 93.1 Å². The fourth-order valence-corrected chi connectivity index (χ4v) is 3.28. The van der Waals surface area contributed by atoms with Crippen LogP contribution < -0.4 is 5.56 Å². The zero-order chi connectivity index (χ0) is 21.3. The average molecular weight is 419 g/mol. The van der Waals surface area contributed by atoms with E-state index in [0.717, 1.165) is 23.9 Å². The Morgan fingerprint density at radius 2 is 1.93 bits per heavy atom. The van der Waals surface area contributed by atoms with Crippen molar-refractivity contribution in [2.24, 2.45) is 0 Å². The molecule has 2 aromatic heterocycles. The first kappa shape index (κ1) is 19.8. The Morgan fingerprint density at radius 3 is 2.60 bits per heavy atom. The van der Waals surface area contributed by atoms with Gasteiger partial charge >= 0.3 is 6.18 Å². The third kappa shape index (κ3) is 3.83. The first-order valence-corrected chi connectivity index (χ1v) is 9.02. The van der Waals surface area contributed by atoms with Crippen LogP contribution in [0.3, 0.4) is 0 Å². The minimum atomic E-state index is -4.87. The lowest BCUT2D eigenvalue weighted by molar-refractivity contribution is -0.143. The van der Waals surface area contributed by atoms with Crippen molar-refractivity contribution in [3.05, 3.63) is 75.8 Å². The molecule has 3 aromatic rings. The molecule has 8 nitrogen and oxygen atoms in total. The molecule has 156 valence electrons. The molecule has 1 atom stereocenters. The summed E-state index contributed by atoms with van der Waals surface area (Å²) in [5, 5.41) is 9.34. The van der Waals surface area contributed by atoms with Crippen LogP contribution >= 0.6 is 0 Å².